The molecule has 2 rings (SSSR count). The topological polar surface area (TPSA) is 52.6 Å². The van der Waals surface area contributed by atoms with Gasteiger partial charge in [0.1, 0.15) is 0 Å². The van der Waals surface area contributed by atoms with Crippen LogP contribution in [-0.4, -0.2) is 40.3 Å². The third-order valence-electron chi connectivity index (χ3n) is 3.29. The van der Waals surface area contributed by atoms with Gasteiger partial charge in [0.15, 0.2) is 0 Å². The highest BCUT2D eigenvalue weighted by atomic mass is 16.3. The summed E-state index contributed by atoms with van der Waals surface area (Å²) in [4.78, 5) is 13.5. The molecule has 80 valence electrons. The van der Waals surface area contributed by atoms with Crippen molar-refractivity contribution in [2.75, 3.05) is 6.54 Å². The Bertz CT molecular complexity index is 249. The summed E-state index contributed by atoms with van der Waals surface area (Å²) in [5.41, 5.74) is -0.418. The van der Waals surface area contributed by atoms with Crippen molar-refractivity contribution in [1.82, 2.24) is 10.2 Å². The van der Waals surface area contributed by atoms with E-state index in [0.717, 1.165) is 12.8 Å². The lowest BCUT2D eigenvalue weighted by Gasteiger charge is -2.33. The number of aliphatic hydroxyl groups is 1. The molecule has 1 aliphatic heterocycles. The highest BCUT2D eigenvalue weighted by molar-refractivity contribution is 5.76. The largest absolute Gasteiger partial charge is 0.391 e. The van der Waals surface area contributed by atoms with E-state index < -0.39 is 11.6 Å². The first-order valence-corrected chi connectivity index (χ1v) is 5.28. The molecule has 0 aromatic carbocycles. The normalized spacial score (nSPS) is 30.5. The van der Waals surface area contributed by atoms with Crippen LogP contribution in [0.5, 0.6) is 0 Å². The van der Waals surface area contributed by atoms with Gasteiger partial charge in [-0.25, -0.2) is 4.79 Å². The Morgan fingerprint density at radius 2 is 2.07 bits per heavy atom. The van der Waals surface area contributed by atoms with E-state index in [0.29, 0.717) is 19.0 Å². The minimum atomic E-state index is -0.418. The number of nitrogens with one attached hydrogen (secondary N) is 1. The average Bonchev–Trinajstić information content (AvgIpc) is 2.83. The second-order valence-corrected chi connectivity index (χ2v) is 4.83. The monoisotopic (exact) mass is 198 g/mol. The molecule has 4 heteroatoms. The first kappa shape index (κ1) is 9.77. The average molecular weight is 198 g/mol. The Balaban J connectivity index is 1.99. The molecule has 0 aromatic rings. The third kappa shape index (κ3) is 1.59. The van der Waals surface area contributed by atoms with E-state index in [2.05, 4.69) is 5.32 Å². The van der Waals surface area contributed by atoms with E-state index in [-0.39, 0.29) is 6.03 Å². The summed E-state index contributed by atoms with van der Waals surface area (Å²) >= 11 is 0. The molecule has 0 radical (unpaired) electrons. The van der Waals surface area contributed by atoms with E-state index >= 15 is 0 Å². The van der Waals surface area contributed by atoms with Crippen LogP contribution >= 0.6 is 0 Å². The van der Waals surface area contributed by atoms with Crippen molar-refractivity contribution in [3.63, 3.8) is 0 Å². The fourth-order valence-corrected chi connectivity index (χ4v) is 1.92. The lowest BCUT2D eigenvalue weighted by Crippen LogP contribution is -2.52. The molecule has 14 heavy (non-hydrogen) atoms. The van der Waals surface area contributed by atoms with Crippen molar-refractivity contribution in [3.8, 4) is 0 Å². The standard InChI is InChI=1S/C10H18N2O2/c1-10(2)8(13)5-6-12(10)9(14)11-7-3-4-7/h7-8,13H,3-6H2,1-2H3,(H,11,14). The number of rotatable bonds is 1. The van der Waals surface area contributed by atoms with Crippen LogP contribution in [0.2, 0.25) is 0 Å². The van der Waals surface area contributed by atoms with Crippen LogP contribution in [-0.2, 0) is 0 Å². The quantitative estimate of drug-likeness (QED) is 0.651. The third-order valence-corrected chi connectivity index (χ3v) is 3.29. The molecule has 0 bridgehead atoms. The van der Waals surface area contributed by atoms with Gasteiger partial charge in [0.05, 0.1) is 11.6 Å². The van der Waals surface area contributed by atoms with Crippen molar-refractivity contribution in [2.45, 2.75) is 50.8 Å². The Morgan fingerprint density at radius 3 is 2.50 bits per heavy atom. The Labute approximate surface area is 84.3 Å². The molecule has 2 N–H and O–H groups in total. The van der Waals surface area contributed by atoms with E-state index in [9.17, 15) is 9.90 Å². The van der Waals surface area contributed by atoms with Gasteiger partial charge in [-0.3, -0.25) is 0 Å². The molecule has 4 nitrogen and oxygen atoms in total. The number of carbonyl (C=O) groups is 1. The molecule has 1 unspecified atom stereocenters. The zero-order valence-corrected chi connectivity index (χ0v) is 8.79. The summed E-state index contributed by atoms with van der Waals surface area (Å²) in [6, 6.07) is 0.366. The van der Waals surface area contributed by atoms with Gasteiger partial charge in [-0.05, 0) is 33.1 Å². The molecule has 0 aromatic heterocycles. The summed E-state index contributed by atoms with van der Waals surface area (Å²) in [5, 5.41) is 12.7. The highest BCUT2D eigenvalue weighted by Crippen LogP contribution is 2.29. The van der Waals surface area contributed by atoms with Gasteiger partial charge in [-0.2, -0.15) is 0 Å². The van der Waals surface area contributed by atoms with Crippen LogP contribution in [0.4, 0.5) is 4.79 Å². The number of nitrogens with zero attached hydrogens (tertiary/aromatic N) is 1. The van der Waals surface area contributed by atoms with E-state index in [4.69, 9.17) is 0 Å². The van der Waals surface area contributed by atoms with E-state index in [1.165, 1.54) is 0 Å². The molecule has 1 saturated heterocycles. The number of carbonyl (C=O) groups excluding carboxylic acids is 1. The van der Waals surface area contributed by atoms with Crippen molar-refractivity contribution >= 4 is 6.03 Å². The minimum Gasteiger partial charge on any atom is -0.391 e. The first-order chi connectivity index (χ1) is 6.51. The fraction of sp³-hybridized carbons (Fsp3) is 0.900. The maximum atomic E-state index is 11.8. The molecule has 0 spiro atoms. The van der Waals surface area contributed by atoms with E-state index in [1.807, 2.05) is 13.8 Å². The van der Waals surface area contributed by atoms with Gasteiger partial charge >= 0.3 is 6.03 Å². The SMILES string of the molecule is CC1(C)C(O)CCN1C(=O)NC1CC1. The van der Waals surface area contributed by atoms with Gasteiger partial charge in [-0.15, -0.1) is 0 Å². The molecular formula is C10H18N2O2. The summed E-state index contributed by atoms with van der Waals surface area (Å²) in [5.74, 6) is 0. The lowest BCUT2D eigenvalue weighted by atomic mass is 9.99. The number of hydrogen-bond donors (Lipinski definition) is 2. The van der Waals surface area contributed by atoms with Gasteiger partial charge in [0, 0.05) is 12.6 Å². The number of amides is 2. The lowest BCUT2D eigenvalue weighted by molar-refractivity contribution is 0.0696. The molecular weight excluding hydrogens is 180 g/mol. The maximum Gasteiger partial charge on any atom is 0.318 e. The Kier molecular flexibility index (Phi) is 2.18. The smallest absolute Gasteiger partial charge is 0.318 e. The Morgan fingerprint density at radius 1 is 1.43 bits per heavy atom. The van der Waals surface area contributed by atoms with E-state index in [1.54, 1.807) is 4.90 Å². The molecule has 2 fully saturated rings. The van der Waals surface area contributed by atoms with Gasteiger partial charge in [0.25, 0.3) is 0 Å². The van der Waals surface area contributed by atoms with Crippen molar-refractivity contribution in [2.24, 2.45) is 0 Å². The zero-order valence-electron chi connectivity index (χ0n) is 8.79. The van der Waals surface area contributed by atoms with Gasteiger partial charge in [-0.1, -0.05) is 0 Å². The molecule has 2 aliphatic rings. The number of likely N-dealkylation sites (tertiary alicyclic amines) is 1. The summed E-state index contributed by atoms with van der Waals surface area (Å²) in [7, 11) is 0. The number of hydrogen-bond acceptors (Lipinski definition) is 2. The highest BCUT2D eigenvalue weighted by Gasteiger charge is 2.43. The van der Waals surface area contributed by atoms with Gasteiger partial charge in [0.2, 0.25) is 0 Å². The van der Waals surface area contributed by atoms with Crippen LogP contribution in [0.15, 0.2) is 0 Å². The van der Waals surface area contributed by atoms with Gasteiger partial charge < -0.3 is 15.3 Å². The Hall–Kier alpha value is -0.770. The van der Waals surface area contributed by atoms with Crippen LogP contribution in [0.25, 0.3) is 0 Å². The predicted octanol–water partition coefficient (Wildman–Crippen LogP) is 0.704. The first-order valence-electron chi connectivity index (χ1n) is 5.28. The van der Waals surface area contributed by atoms with Crippen LogP contribution < -0.4 is 5.32 Å². The zero-order chi connectivity index (χ0) is 10.3. The maximum absolute atomic E-state index is 11.8. The number of aliphatic hydroxyl groups excluding tert-OH is 1. The summed E-state index contributed by atoms with van der Waals surface area (Å²) in [6.07, 6.45) is 2.49. The van der Waals surface area contributed by atoms with Crippen molar-refractivity contribution < 1.29 is 9.90 Å². The summed E-state index contributed by atoms with van der Waals surface area (Å²) < 4.78 is 0. The van der Waals surface area contributed by atoms with Crippen molar-refractivity contribution in [3.05, 3.63) is 0 Å². The predicted molar refractivity (Wildman–Crippen MR) is 53.0 cm³/mol. The minimum absolute atomic E-state index is 0.0194. The summed E-state index contributed by atoms with van der Waals surface area (Å²) in [6.45, 7) is 4.49. The number of urea groups is 1. The van der Waals surface area contributed by atoms with Crippen LogP contribution in [0.1, 0.15) is 33.1 Å². The van der Waals surface area contributed by atoms with Crippen LogP contribution in [0.3, 0.4) is 0 Å². The fourth-order valence-electron chi connectivity index (χ4n) is 1.92. The van der Waals surface area contributed by atoms with Crippen molar-refractivity contribution in [1.29, 1.82) is 0 Å². The molecule has 1 saturated carbocycles. The second-order valence-electron chi connectivity index (χ2n) is 4.83. The second kappa shape index (κ2) is 3.12. The molecule has 1 atom stereocenters. The molecule has 1 aliphatic carbocycles. The molecule has 2 amide bonds. The van der Waals surface area contributed by atoms with Crippen LogP contribution in [0, 0.1) is 0 Å². The molecule has 1 heterocycles.